The average Bonchev–Trinajstić information content (AvgIpc) is 3.29. The first-order valence-electron chi connectivity index (χ1n) is 10.1. The molecule has 0 saturated heterocycles. The fraction of sp³-hybridized carbons (Fsp3) is 0.250. The largest absolute Gasteiger partial charge is 0.390 e. The molecule has 2 heterocycles. The van der Waals surface area contributed by atoms with Crippen LogP contribution in [0.15, 0.2) is 60.0 Å². The molecule has 1 aliphatic rings. The van der Waals surface area contributed by atoms with Crippen LogP contribution in [0.4, 0.5) is 5.82 Å². The lowest BCUT2D eigenvalue weighted by molar-refractivity contribution is 0.165. The summed E-state index contributed by atoms with van der Waals surface area (Å²) >= 11 is 1.64. The fourth-order valence-corrected chi connectivity index (χ4v) is 5.14. The number of nitrogens with one attached hydrogen (secondary N) is 1. The predicted molar refractivity (Wildman–Crippen MR) is 123 cm³/mol. The van der Waals surface area contributed by atoms with Gasteiger partial charge in [-0.1, -0.05) is 54.6 Å². The Morgan fingerprint density at radius 2 is 1.83 bits per heavy atom. The van der Waals surface area contributed by atoms with Gasteiger partial charge in [0, 0.05) is 17.4 Å². The zero-order chi connectivity index (χ0) is 20.7. The quantitative estimate of drug-likeness (QED) is 0.502. The maximum Gasteiger partial charge on any atom is 0.146 e. The SMILES string of the molecule is CN(C)Cc1nc(N[C@H]2c3ccccc3C[C@H]2O)c2c(-c3ccccc3)csc2n1. The molecule has 5 rings (SSSR count). The molecular weight excluding hydrogens is 392 g/mol. The lowest BCUT2D eigenvalue weighted by Crippen LogP contribution is -2.22. The summed E-state index contributed by atoms with van der Waals surface area (Å²) in [5.41, 5.74) is 4.59. The van der Waals surface area contributed by atoms with E-state index in [9.17, 15) is 5.11 Å². The number of aliphatic hydroxyl groups excluding tert-OH is 1. The maximum absolute atomic E-state index is 10.8. The summed E-state index contributed by atoms with van der Waals surface area (Å²) in [6, 6.07) is 18.4. The minimum atomic E-state index is -0.483. The molecular formula is C24H24N4OS. The second-order valence-corrected chi connectivity index (χ2v) is 8.87. The highest BCUT2D eigenvalue weighted by Crippen LogP contribution is 2.40. The first kappa shape index (κ1) is 19.2. The van der Waals surface area contributed by atoms with Crippen molar-refractivity contribution in [1.82, 2.24) is 14.9 Å². The van der Waals surface area contributed by atoms with Crippen LogP contribution >= 0.6 is 11.3 Å². The van der Waals surface area contributed by atoms with Gasteiger partial charge >= 0.3 is 0 Å². The maximum atomic E-state index is 10.8. The minimum Gasteiger partial charge on any atom is -0.390 e. The van der Waals surface area contributed by atoms with Crippen LogP contribution < -0.4 is 5.32 Å². The highest BCUT2D eigenvalue weighted by molar-refractivity contribution is 7.17. The van der Waals surface area contributed by atoms with Crippen LogP contribution in [0.5, 0.6) is 0 Å². The first-order chi connectivity index (χ1) is 14.6. The van der Waals surface area contributed by atoms with Crippen LogP contribution in [-0.2, 0) is 13.0 Å². The van der Waals surface area contributed by atoms with E-state index in [2.05, 4.69) is 39.9 Å². The van der Waals surface area contributed by atoms with E-state index in [1.54, 1.807) is 11.3 Å². The number of anilines is 1. The van der Waals surface area contributed by atoms with Gasteiger partial charge < -0.3 is 15.3 Å². The molecule has 1 aliphatic carbocycles. The molecule has 0 fully saturated rings. The molecule has 2 aromatic heterocycles. The van der Waals surface area contributed by atoms with Crippen LogP contribution in [0.1, 0.15) is 23.0 Å². The summed E-state index contributed by atoms with van der Waals surface area (Å²) in [7, 11) is 4.03. The molecule has 0 amide bonds. The normalized spacial score (nSPS) is 18.1. The van der Waals surface area contributed by atoms with Crippen molar-refractivity contribution in [2.75, 3.05) is 19.4 Å². The number of benzene rings is 2. The van der Waals surface area contributed by atoms with Gasteiger partial charge in [0.15, 0.2) is 0 Å². The van der Waals surface area contributed by atoms with E-state index in [1.807, 2.05) is 44.4 Å². The van der Waals surface area contributed by atoms with Crippen LogP contribution in [0.2, 0.25) is 0 Å². The molecule has 0 unspecified atom stereocenters. The third kappa shape index (κ3) is 3.47. The van der Waals surface area contributed by atoms with Crippen LogP contribution in [0, 0.1) is 0 Å². The molecule has 0 aliphatic heterocycles. The second-order valence-electron chi connectivity index (χ2n) is 8.01. The zero-order valence-electron chi connectivity index (χ0n) is 17.0. The van der Waals surface area contributed by atoms with Gasteiger partial charge in [0.05, 0.1) is 24.1 Å². The zero-order valence-corrected chi connectivity index (χ0v) is 17.9. The number of aromatic nitrogens is 2. The average molecular weight is 417 g/mol. The molecule has 0 saturated carbocycles. The van der Waals surface area contributed by atoms with Gasteiger partial charge in [-0.3, -0.25) is 0 Å². The van der Waals surface area contributed by atoms with Crippen LogP contribution in [-0.4, -0.2) is 40.2 Å². The summed E-state index contributed by atoms with van der Waals surface area (Å²) in [6.07, 6.45) is 0.172. The van der Waals surface area contributed by atoms with Crippen LogP contribution in [0.25, 0.3) is 21.3 Å². The first-order valence-corrected chi connectivity index (χ1v) is 11.0. The van der Waals surface area contributed by atoms with E-state index < -0.39 is 6.10 Å². The van der Waals surface area contributed by atoms with E-state index in [0.717, 1.165) is 38.5 Å². The Hall–Kier alpha value is -2.80. The number of rotatable bonds is 5. The van der Waals surface area contributed by atoms with Gasteiger partial charge in [0.25, 0.3) is 0 Å². The lowest BCUT2D eigenvalue weighted by atomic mass is 10.0. The Morgan fingerprint density at radius 1 is 1.07 bits per heavy atom. The molecule has 4 aromatic rings. The van der Waals surface area contributed by atoms with Crippen molar-refractivity contribution >= 4 is 27.4 Å². The predicted octanol–water partition coefficient (Wildman–Crippen LogP) is 4.49. The van der Waals surface area contributed by atoms with Gasteiger partial charge in [0.2, 0.25) is 0 Å². The van der Waals surface area contributed by atoms with Gasteiger partial charge in [0.1, 0.15) is 16.5 Å². The van der Waals surface area contributed by atoms with Crippen molar-refractivity contribution in [3.63, 3.8) is 0 Å². The van der Waals surface area contributed by atoms with Crippen molar-refractivity contribution in [1.29, 1.82) is 0 Å². The van der Waals surface area contributed by atoms with Gasteiger partial charge in [-0.15, -0.1) is 11.3 Å². The van der Waals surface area contributed by atoms with E-state index in [1.165, 1.54) is 5.56 Å². The van der Waals surface area contributed by atoms with Crippen molar-refractivity contribution < 1.29 is 5.11 Å². The minimum absolute atomic E-state index is 0.185. The number of aliphatic hydroxyl groups is 1. The molecule has 0 spiro atoms. The van der Waals surface area contributed by atoms with Gasteiger partial charge in [-0.2, -0.15) is 0 Å². The highest BCUT2D eigenvalue weighted by atomic mass is 32.1. The number of fused-ring (bicyclic) bond motifs is 2. The van der Waals surface area contributed by atoms with Crippen LogP contribution in [0.3, 0.4) is 0 Å². The molecule has 30 heavy (non-hydrogen) atoms. The number of hydrogen-bond acceptors (Lipinski definition) is 6. The summed E-state index contributed by atoms with van der Waals surface area (Å²) in [6.45, 7) is 0.660. The standard InChI is InChI=1S/C24H24N4OS/c1-28(2)13-20-25-23(27-22-17-11-7-6-10-16(17)12-19(22)29)21-18(14-30-24(21)26-20)15-8-4-3-5-9-15/h3-11,14,19,22,29H,12-13H2,1-2H3,(H,25,26,27)/t19-,22+/m1/s1. The Labute approximate surface area is 180 Å². The topological polar surface area (TPSA) is 61.3 Å². The second kappa shape index (κ2) is 7.80. The number of hydrogen-bond donors (Lipinski definition) is 2. The summed E-state index contributed by atoms with van der Waals surface area (Å²) in [4.78, 5) is 12.8. The summed E-state index contributed by atoms with van der Waals surface area (Å²) in [5, 5.41) is 17.5. The summed E-state index contributed by atoms with van der Waals surface area (Å²) in [5.74, 6) is 1.56. The monoisotopic (exact) mass is 416 g/mol. The van der Waals surface area contributed by atoms with E-state index >= 15 is 0 Å². The molecule has 2 atom stereocenters. The summed E-state index contributed by atoms with van der Waals surface area (Å²) < 4.78 is 0. The Morgan fingerprint density at radius 3 is 2.63 bits per heavy atom. The van der Waals surface area contributed by atoms with Gasteiger partial charge in [-0.25, -0.2) is 9.97 Å². The van der Waals surface area contributed by atoms with Gasteiger partial charge in [-0.05, 0) is 30.8 Å². The van der Waals surface area contributed by atoms with E-state index in [0.29, 0.717) is 13.0 Å². The van der Waals surface area contributed by atoms with E-state index in [4.69, 9.17) is 9.97 Å². The molecule has 2 N–H and O–H groups in total. The number of nitrogens with zero attached hydrogens (tertiary/aromatic N) is 3. The Bertz CT molecular complexity index is 1190. The van der Waals surface area contributed by atoms with Crippen molar-refractivity contribution in [2.24, 2.45) is 0 Å². The van der Waals surface area contributed by atoms with E-state index in [-0.39, 0.29) is 6.04 Å². The molecule has 0 bridgehead atoms. The Kier molecular flexibility index (Phi) is 4.98. The van der Waals surface area contributed by atoms with Crippen molar-refractivity contribution in [3.05, 3.63) is 76.9 Å². The van der Waals surface area contributed by atoms with Crippen molar-refractivity contribution in [2.45, 2.75) is 25.1 Å². The van der Waals surface area contributed by atoms with Crippen molar-refractivity contribution in [3.8, 4) is 11.1 Å². The molecule has 6 heteroatoms. The molecule has 5 nitrogen and oxygen atoms in total. The molecule has 152 valence electrons. The lowest BCUT2D eigenvalue weighted by Gasteiger charge is -2.20. The molecule has 2 aromatic carbocycles. The smallest absolute Gasteiger partial charge is 0.146 e. The molecule has 0 radical (unpaired) electrons. The highest BCUT2D eigenvalue weighted by Gasteiger charge is 2.32. The third-order valence-electron chi connectivity index (χ3n) is 5.52. The third-order valence-corrected chi connectivity index (χ3v) is 6.39. The Balaban J connectivity index is 1.64. The fourth-order valence-electron chi connectivity index (χ4n) is 4.17. The number of thiophene rings is 1.